The van der Waals surface area contributed by atoms with Gasteiger partial charge in [0.05, 0.1) is 5.69 Å². The summed E-state index contributed by atoms with van der Waals surface area (Å²) in [5.41, 5.74) is 2.03. The van der Waals surface area contributed by atoms with Gasteiger partial charge in [-0.1, -0.05) is 15.9 Å². The first-order valence-corrected chi connectivity index (χ1v) is 4.86. The standard InChI is InChI=1S/C9H10BrN3/c1-11-5-8-6-13-3-2-7(10)4-9(13)12-8/h2-4,6,11H,5H2,1H3. The minimum absolute atomic E-state index is 0.805. The number of imidazole rings is 1. The predicted molar refractivity (Wildman–Crippen MR) is 55.7 cm³/mol. The number of nitrogens with one attached hydrogen (secondary N) is 1. The molecule has 13 heavy (non-hydrogen) atoms. The molecule has 4 heteroatoms. The molecule has 0 spiro atoms. The summed E-state index contributed by atoms with van der Waals surface area (Å²) in [5, 5.41) is 3.07. The van der Waals surface area contributed by atoms with E-state index >= 15 is 0 Å². The highest BCUT2D eigenvalue weighted by Gasteiger charge is 1.99. The van der Waals surface area contributed by atoms with Crippen molar-refractivity contribution in [2.75, 3.05) is 7.05 Å². The highest BCUT2D eigenvalue weighted by Crippen LogP contribution is 2.12. The topological polar surface area (TPSA) is 29.3 Å². The molecular formula is C9H10BrN3. The van der Waals surface area contributed by atoms with E-state index in [1.165, 1.54) is 0 Å². The normalized spacial score (nSPS) is 10.9. The molecule has 0 atom stereocenters. The van der Waals surface area contributed by atoms with E-state index in [-0.39, 0.29) is 0 Å². The van der Waals surface area contributed by atoms with Crippen LogP contribution >= 0.6 is 15.9 Å². The Morgan fingerprint density at radius 2 is 2.46 bits per heavy atom. The van der Waals surface area contributed by atoms with E-state index in [2.05, 4.69) is 26.2 Å². The molecule has 0 aliphatic rings. The molecule has 2 rings (SSSR count). The lowest BCUT2D eigenvalue weighted by Gasteiger charge is -1.91. The van der Waals surface area contributed by atoms with Crippen LogP contribution in [0.3, 0.4) is 0 Å². The van der Waals surface area contributed by atoms with Gasteiger partial charge in [0.1, 0.15) is 5.65 Å². The van der Waals surface area contributed by atoms with E-state index in [9.17, 15) is 0 Å². The van der Waals surface area contributed by atoms with Crippen LogP contribution in [0.2, 0.25) is 0 Å². The zero-order chi connectivity index (χ0) is 9.26. The van der Waals surface area contributed by atoms with Crippen LogP contribution in [0.15, 0.2) is 29.0 Å². The summed E-state index contributed by atoms with van der Waals surface area (Å²) in [6.45, 7) is 0.805. The SMILES string of the molecule is CNCc1cn2ccc(Br)cc2n1. The first-order chi connectivity index (χ1) is 6.29. The van der Waals surface area contributed by atoms with Gasteiger partial charge in [-0.2, -0.15) is 0 Å². The fraction of sp³-hybridized carbons (Fsp3) is 0.222. The molecule has 0 unspecified atom stereocenters. The van der Waals surface area contributed by atoms with Crippen LogP contribution in [0, 0.1) is 0 Å². The van der Waals surface area contributed by atoms with E-state index in [0.29, 0.717) is 0 Å². The molecule has 0 amide bonds. The molecule has 2 aromatic rings. The smallest absolute Gasteiger partial charge is 0.138 e. The van der Waals surface area contributed by atoms with Gasteiger partial charge >= 0.3 is 0 Å². The van der Waals surface area contributed by atoms with Crippen LogP contribution in [0.25, 0.3) is 5.65 Å². The van der Waals surface area contributed by atoms with Crippen molar-refractivity contribution in [3.05, 3.63) is 34.7 Å². The lowest BCUT2D eigenvalue weighted by Crippen LogP contribution is -2.04. The van der Waals surface area contributed by atoms with Gasteiger partial charge in [0.25, 0.3) is 0 Å². The minimum atomic E-state index is 0.805. The second-order valence-corrected chi connectivity index (χ2v) is 3.79. The van der Waals surface area contributed by atoms with Crippen molar-refractivity contribution < 1.29 is 0 Å². The zero-order valence-electron chi connectivity index (χ0n) is 7.29. The molecule has 2 heterocycles. The van der Waals surface area contributed by atoms with Crippen molar-refractivity contribution in [3.8, 4) is 0 Å². The molecule has 0 fully saturated rings. The van der Waals surface area contributed by atoms with Gasteiger partial charge in [-0.25, -0.2) is 4.98 Å². The Kier molecular flexibility index (Phi) is 2.33. The molecule has 0 aliphatic carbocycles. The molecular weight excluding hydrogens is 230 g/mol. The summed E-state index contributed by atoms with van der Waals surface area (Å²) in [5.74, 6) is 0. The second-order valence-electron chi connectivity index (χ2n) is 2.87. The number of aromatic nitrogens is 2. The van der Waals surface area contributed by atoms with E-state index in [1.807, 2.05) is 36.0 Å². The molecule has 0 aromatic carbocycles. The average molecular weight is 240 g/mol. The average Bonchev–Trinajstić information content (AvgIpc) is 2.46. The Morgan fingerprint density at radius 1 is 1.62 bits per heavy atom. The summed E-state index contributed by atoms with van der Waals surface area (Å²) in [7, 11) is 1.92. The van der Waals surface area contributed by atoms with E-state index in [0.717, 1.165) is 22.4 Å². The molecule has 1 N–H and O–H groups in total. The number of pyridine rings is 1. The van der Waals surface area contributed by atoms with Gasteiger partial charge in [0, 0.05) is 23.4 Å². The number of hydrogen-bond acceptors (Lipinski definition) is 2. The fourth-order valence-electron chi connectivity index (χ4n) is 1.28. The number of hydrogen-bond donors (Lipinski definition) is 1. The summed E-state index contributed by atoms with van der Waals surface area (Å²) in [4.78, 5) is 4.43. The van der Waals surface area contributed by atoms with Crippen LogP contribution in [-0.4, -0.2) is 16.4 Å². The predicted octanol–water partition coefficient (Wildman–Crippen LogP) is 1.82. The molecule has 0 saturated carbocycles. The maximum Gasteiger partial charge on any atom is 0.138 e. The molecule has 0 aliphatic heterocycles. The molecule has 3 nitrogen and oxygen atoms in total. The lowest BCUT2D eigenvalue weighted by atomic mass is 10.5. The van der Waals surface area contributed by atoms with Crippen molar-refractivity contribution in [1.82, 2.24) is 14.7 Å². The number of nitrogens with zero attached hydrogens (tertiary/aromatic N) is 2. The van der Waals surface area contributed by atoms with Crippen LogP contribution < -0.4 is 5.32 Å². The van der Waals surface area contributed by atoms with Gasteiger partial charge in [-0.3, -0.25) is 0 Å². The first-order valence-electron chi connectivity index (χ1n) is 4.07. The van der Waals surface area contributed by atoms with Gasteiger partial charge in [0.15, 0.2) is 0 Å². The summed E-state index contributed by atoms with van der Waals surface area (Å²) >= 11 is 3.41. The number of halogens is 1. The van der Waals surface area contributed by atoms with Crippen molar-refractivity contribution >= 4 is 21.6 Å². The van der Waals surface area contributed by atoms with Crippen LogP contribution in [0.4, 0.5) is 0 Å². The fourth-order valence-corrected chi connectivity index (χ4v) is 1.60. The molecule has 0 radical (unpaired) electrons. The van der Waals surface area contributed by atoms with Gasteiger partial charge in [-0.15, -0.1) is 0 Å². The first kappa shape index (κ1) is 8.72. The maximum atomic E-state index is 4.43. The van der Waals surface area contributed by atoms with E-state index in [4.69, 9.17) is 0 Å². The summed E-state index contributed by atoms with van der Waals surface area (Å²) < 4.78 is 3.07. The summed E-state index contributed by atoms with van der Waals surface area (Å²) in [6.07, 6.45) is 4.02. The van der Waals surface area contributed by atoms with Crippen molar-refractivity contribution in [2.24, 2.45) is 0 Å². The van der Waals surface area contributed by atoms with Gasteiger partial charge < -0.3 is 9.72 Å². The third-order valence-electron chi connectivity index (χ3n) is 1.83. The van der Waals surface area contributed by atoms with Gasteiger partial charge in [-0.05, 0) is 19.2 Å². The largest absolute Gasteiger partial charge is 0.314 e. The number of rotatable bonds is 2. The quantitative estimate of drug-likeness (QED) is 0.867. The van der Waals surface area contributed by atoms with Crippen LogP contribution in [0.5, 0.6) is 0 Å². The van der Waals surface area contributed by atoms with Crippen molar-refractivity contribution in [2.45, 2.75) is 6.54 Å². The second kappa shape index (κ2) is 3.47. The zero-order valence-corrected chi connectivity index (χ0v) is 8.87. The minimum Gasteiger partial charge on any atom is -0.314 e. The van der Waals surface area contributed by atoms with E-state index in [1.54, 1.807) is 0 Å². The monoisotopic (exact) mass is 239 g/mol. The Morgan fingerprint density at radius 3 is 3.23 bits per heavy atom. The molecule has 2 aromatic heterocycles. The van der Waals surface area contributed by atoms with Gasteiger partial charge in [0.2, 0.25) is 0 Å². The number of fused-ring (bicyclic) bond motifs is 1. The molecule has 68 valence electrons. The third-order valence-corrected chi connectivity index (χ3v) is 2.32. The highest BCUT2D eigenvalue weighted by atomic mass is 79.9. The highest BCUT2D eigenvalue weighted by molar-refractivity contribution is 9.10. The van der Waals surface area contributed by atoms with E-state index < -0.39 is 0 Å². The summed E-state index contributed by atoms with van der Waals surface area (Å²) in [6, 6.07) is 4.00. The Balaban J connectivity index is 2.49. The third kappa shape index (κ3) is 1.73. The molecule has 0 bridgehead atoms. The Labute approximate surface area is 84.9 Å². The maximum absolute atomic E-state index is 4.43. The Bertz CT molecular complexity index is 422. The van der Waals surface area contributed by atoms with Crippen LogP contribution in [0.1, 0.15) is 5.69 Å². The Hall–Kier alpha value is -0.870. The van der Waals surface area contributed by atoms with Crippen LogP contribution in [-0.2, 0) is 6.54 Å². The van der Waals surface area contributed by atoms with Crippen molar-refractivity contribution in [1.29, 1.82) is 0 Å². The van der Waals surface area contributed by atoms with Crippen molar-refractivity contribution in [3.63, 3.8) is 0 Å². The molecule has 0 saturated heterocycles. The lowest BCUT2D eigenvalue weighted by molar-refractivity contribution is 0.798.